The molecule has 0 saturated heterocycles. The van der Waals surface area contributed by atoms with Crippen molar-refractivity contribution in [1.29, 1.82) is 0 Å². The molecule has 1 N–H and O–H groups in total. The van der Waals surface area contributed by atoms with Gasteiger partial charge in [-0.3, -0.25) is 10.1 Å². The zero-order valence-corrected chi connectivity index (χ0v) is 10.6. The number of nitrogens with one attached hydrogen (secondary N) is 1. The van der Waals surface area contributed by atoms with Gasteiger partial charge in [0.1, 0.15) is 0 Å². The van der Waals surface area contributed by atoms with Crippen molar-refractivity contribution in [3.63, 3.8) is 0 Å². The van der Waals surface area contributed by atoms with Gasteiger partial charge in [0.25, 0.3) is 5.69 Å². The van der Waals surface area contributed by atoms with E-state index in [2.05, 4.69) is 5.32 Å². The standard InChI is InChI=1S/C12H18N2O4/c1-10-3-4-11(9-12(10)14(15)16)13-5-6-18-8-7-17-2/h3-4,9,13H,5-8H2,1-2H3. The molecule has 0 atom stereocenters. The van der Waals surface area contributed by atoms with E-state index in [-0.39, 0.29) is 10.6 Å². The van der Waals surface area contributed by atoms with Crippen molar-refractivity contribution in [1.82, 2.24) is 0 Å². The monoisotopic (exact) mass is 254 g/mol. The molecule has 6 heteroatoms. The summed E-state index contributed by atoms with van der Waals surface area (Å²) in [7, 11) is 1.62. The first-order valence-corrected chi connectivity index (χ1v) is 5.70. The Balaban J connectivity index is 2.38. The first-order valence-electron chi connectivity index (χ1n) is 5.70. The molecule has 1 aromatic carbocycles. The van der Waals surface area contributed by atoms with E-state index in [0.29, 0.717) is 31.9 Å². The molecule has 0 saturated carbocycles. The van der Waals surface area contributed by atoms with E-state index in [1.54, 1.807) is 20.1 Å². The van der Waals surface area contributed by atoms with Crippen LogP contribution in [0.25, 0.3) is 0 Å². The molecule has 0 aliphatic rings. The Morgan fingerprint density at radius 3 is 2.78 bits per heavy atom. The fourth-order valence-electron chi connectivity index (χ4n) is 1.43. The molecule has 100 valence electrons. The van der Waals surface area contributed by atoms with E-state index in [4.69, 9.17) is 9.47 Å². The van der Waals surface area contributed by atoms with E-state index in [9.17, 15) is 10.1 Å². The lowest BCUT2D eigenvalue weighted by Crippen LogP contribution is -2.12. The van der Waals surface area contributed by atoms with Crippen molar-refractivity contribution in [2.24, 2.45) is 0 Å². The molecule has 0 bridgehead atoms. The van der Waals surface area contributed by atoms with Gasteiger partial charge in [0.2, 0.25) is 0 Å². The zero-order valence-electron chi connectivity index (χ0n) is 10.6. The molecule has 0 amide bonds. The molecule has 18 heavy (non-hydrogen) atoms. The summed E-state index contributed by atoms with van der Waals surface area (Å²) in [6.07, 6.45) is 0. The normalized spacial score (nSPS) is 10.3. The predicted octanol–water partition coefficient (Wildman–Crippen LogP) is 1.98. The lowest BCUT2D eigenvalue weighted by Gasteiger charge is -2.07. The molecule has 0 radical (unpaired) electrons. The molecular weight excluding hydrogens is 236 g/mol. The van der Waals surface area contributed by atoms with Crippen molar-refractivity contribution in [2.75, 3.05) is 38.8 Å². The lowest BCUT2D eigenvalue weighted by molar-refractivity contribution is -0.385. The average Bonchev–Trinajstić information content (AvgIpc) is 2.35. The number of benzene rings is 1. The second-order valence-corrected chi connectivity index (χ2v) is 3.79. The number of rotatable bonds is 8. The van der Waals surface area contributed by atoms with Gasteiger partial charge < -0.3 is 14.8 Å². The fourth-order valence-corrected chi connectivity index (χ4v) is 1.43. The quantitative estimate of drug-likeness (QED) is 0.436. The van der Waals surface area contributed by atoms with Crippen LogP contribution in [-0.4, -0.2) is 38.4 Å². The number of anilines is 1. The van der Waals surface area contributed by atoms with Gasteiger partial charge in [-0.2, -0.15) is 0 Å². The van der Waals surface area contributed by atoms with Crippen molar-refractivity contribution < 1.29 is 14.4 Å². The molecule has 0 spiro atoms. The topological polar surface area (TPSA) is 73.6 Å². The second-order valence-electron chi connectivity index (χ2n) is 3.79. The van der Waals surface area contributed by atoms with E-state index in [1.807, 2.05) is 6.07 Å². The molecular formula is C12H18N2O4. The van der Waals surface area contributed by atoms with Gasteiger partial charge in [-0.1, -0.05) is 6.07 Å². The summed E-state index contributed by atoms with van der Waals surface area (Å²) in [5.74, 6) is 0. The third-order valence-corrected chi connectivity index (χ3v) is 2.41. The predicted molar refractivity (Wildman–Crippen MR) is 69.0 cm³/mol. The van der Waals surface area contributed by atoms with Crippen molar-refractivity contribution in [2.45, 2.75) is 6.92 Å². The number of methoxy groups -OCH3 is 1. The van der Waals surface area contributed by atoms with Crippen LogP contribution in [0.15, 0.2) is 18.2 Å². The second kappa shape index (κ2) is 7.62. The van der Waals surface area contributed by atoms with Crippen LogP contribution in [0.2, 0.25) is 0 Å². The number of hydrogen-bond donors (Lipinski definition) is 1. The summed E-state index contributed by atoms with van der Waals surface area (Å²) in [6, 6.07) is 5.08. The van der Waals surface area contributed by atoms with E-state index >= 15 is 0 Å². The van der Waals surface area contributed by atoms with Crippen molar-refractivity contribution in [3.8, 4) is 0 Å². The maximum absolute atomic E-state index is 10.8. The number of aryl methyl sites for hydroxylation is 1. The summed E-state index contributed by atoms with van der Waals surface area (Å²) < 4.78 is 10.1. The van der Waals surface area contributed by atoms with Gasteiger partial charge in [0.15, 0.2) is 0 Å². The largest absolute Gasteiger partial charge is 0.383 e. The summed E-state index contributed by atoms with van der Waals surface area (Å²) >= 11 is 0. The molecule has 1 rings (SSSR count). The Morgan fingerprint density at radius 2 is 2.11 bits per heavy atom. The Kier molecular flexibility index (Phi) is 6.10. The van der Waals surface area contributed by atoms with Gasteiger partial charge in [0, 0.05) is 31.0 Å². The molecule has 0 aliphatic carbocycles. The SMILES string of the molecule is COCCOCCNc1ccc(C)c([N+](=O)[O-])c1. The molecule has 0 fully saturated rings. The van der Waals surface area contributed by atoms with E-state index < -0.39 is 0 Å². The first-order chi connectivity index (χ1) is 8.65. The highest BCUT2D eigenvalue weighted by Gasteiger charge is 2.10. The van der Waals surface area contributed by atoms with Gasteiger partial charge in [-0.25, -0.2) is 0 Å². The average molecular weight is 254 g/mol. The summed E-state index contributed by atoms with van der Waals surface area (Å²) in [5.41, 5.74) is 1.50. The highest BCUT2D eigenvalue weighted by atomic mass is 16.6. The van der Waals surface area contributed by atoms with Crippen molar-refractivity contribution in [3.05, 3.63) is 33.9 Å². The molecule has 0 unspecified atom stereocenters. The molecule has 0 aromatic heterocycles. The summed E-state index contributed by atoms with van der Waals surface area (Å²) in [6.45, 7) is 3.97. The highest BCUT2D eigenvalue weighted by Crippen LogP contribution is 2.21. The third kappa shape index (κ3) is 4.68. The zero-order chi connectivity index (χ0) is 13.4. The van der Waals surface area contributed by atoms with Crippen LogP contribution in [0.3, 0.4) is 0 Å². The van der Waals surface area contributed by atoms with Crippen LogP contribution >= 0.6 is 0 Å². The Hall–Kier alpha value is -1.66. The number of nitro groups is 1. The number of hydrogen-bond acceptors (Lipinski definition) is 5. The van der Waals surface area contributed by atoms with Crippen LogP contribution in [-0.2, 0) is 9.47 Å². The number of nitro benzene ring substituents is 1. The Bertz CT molecular complexity index is 396. The fraction of sp³-hybridized carbons (Fsp3) is 0.500. The van der Waals surface area contributed by atoms with Gasteiger partial charge in [-0.05, 0) is 13.0 Å². The third-order valence-electron chi connectivity index (χ3n) is 2.41. The van der Waals surface area contributed by atoms with Crippen LogP contribution in [0.4, 0.5) is 11.4 Å². The Morgan fingerprint density at radius 1 is 1.33 bits per heavy atom. The van der Waals surface area contributed by atoms with Gasteiger partial charge in [0.05, 0.1) is 24.7 Å². The Labute approximate surface area is 106 Å². The molecule has 0 heterocycles. The number of nitrogens with zero attached hydrogens (tertiary/aromatic N) is 1. The maximum atomic E-state index is 10.8. The van der Waals surface area contributed by atoms with Gasteiger partial charge >= 0.3 is 0 Å². The molecule has 0 aliphatic heterocycles. The van der Waals surface area contributed by atoms with Crippen LogP contribution in [0.5, 0.6) is 0 Å². The first kappa shape index (κ1) is 14.4. The minimum atomic E-state index is -0.379. The van der Waals surface area contributed by atoms with E-state index in [0.717, 1.165) is 5.69 Å². The number of ether oxygens (including phenoxy) is 2. The molecule has 6 nitrogen and oxygen atoms in total. The van der Waals surface area contributed by atoms with Crippen LogP contribution in [0, 0.1) is 17.0 Å². The van der Waals surface area contributed by atoms with Crippen LogP contribution in [0.1, 0.15) is 5.56 Å². The van der Waals surface area contributed by atoms with E-state index in [1.165, 1.54) is 6.07 Å². The van der Waals surface area contributed by atoms with Crippen LogP contribution < -0.4 is 5.32 Å². The minimum Gasteiger partial charge on any atom is -0.383 e. The highest BCUT2D eigenvalue weighted by molar-refractivity contribution is 5.54. The van der Waals surface area contributed by atoms with Gasteiger partial charge in [-0.15, -0.1) is 0 Å². The minimum absolute atomic E-state index is 0.125. The van der Waals surface area contributed by atoms with Crippen molar-refractivity contribution >= 4 is 11.4 Å². The lowest BCUT2D eigenvalue weighted by atomic mass is 10.2. The smallest absolute Gasteiger partial charge is 0.274 e. The maximum Gasteiger partial charge on any atom is 0.274 e. The molecule has 1 aromatic rings. The summed E-state index contributed by atoms with van der Waals surface area (Å²) in [5, 5.41) is 13.8. The summed E-state index contributed by atoms with van der Waals surface area (Å²) in [4.78, 5) is 10.4.